The maximum Gasteiger partial charge on any atom is 0.309 e. The van der Waals surface area contributed by atoms with Crippen LogP contribution in [0.5, 0.6) is 11.5 Å². The van der Waals surface area contributed by atoms with E-state index in [0.29, 0.717) is 45.3 Å². The van der Waals surface area contributed by atoms with Gasteiger partial charge in [0.2, 0.25) is 0 Å². The van der Waals surface area contributed by atoms with Crippen molar-refractivity contribution in [3.05, 3.63) is 56.7 Å². The van der Waals surface area contributed by atoms with Gasteiger partial charge in [-0.3, -0.25) is 9.59 Å². The van der Waals surface area contributed by atoms with Crippen LogP contribution in [0.3, 0.4) is 0 Å². The smallest absolute Gasteiger partial charge is 0.309 e. The van der Waals surface area contributed by atoms with E-state index in [1.54, 1.807) is 37.3 Å². The third kappa shape index (κ3) is 3.50. The van der Waals surface area contributed by atoms with Crippen molar-refractivity contribution in [3.8, 4) is 22.8 Å². The number of halogens is 2. The van der Waals surface area contributed by atoms with Crippen LogP contribution in [0.4, 0.5) is 0 Å². The third-order valence-corrected chi connectivity index (χ3v) is 5.99. The minimum absolute atomic E-state index is 0.246. The number of rotatable bonds is 5. The van der Waals surface area contributed by atoms with Crippen molar-refractivity contribution in [2.45, 2.75) is 25.9 Å². The maximum atomic E-state index is 12.6. The molecule has 0 atom stereocenters. The van der Waals surface area contributed by atoms with Crippen LogP contribution in [0.25, 0.3) is 22.3 Å². The lowest BCUT2D eigenvalue weighted by Crippen LogP contribution is -2.47. The number of methoxy groups -OCH3 is 1. The highest BCUT2D eigenvalue weighted by molar-refractivity contribution is 6.34. The van der Waals surface area contributed by atoms with Crippen LogP contribution in [-0.2, 0) is 4.79 Å². The summed E-state index contributed by atoms with van der Waals surface area (Å²) in [4.78, 5) is 23.9. The molecule has 8 heteroatoms. The molecule has 0 bridgehead atoms. The van der Waals surface area contributed by atoms with E-state index in [1.807, 2.05) is 0 Å². The van der Waals surface area contributed by atoms with Crippen molar-refractivity contribution < 1.29 is 23.8 Å². The minimum Gasteiger partial charge on any atom is -0.496 e. The zero-order chi connectivity index (χ0) is 21.6. The van der Waals surface area contributed by atoms with Gasteiger partial charge in [-0.15, -0.1) is 0 Å². The number of carboxylic acid groups (broad SMARTS) is 1. The Morgan fingerprint density at radius 1 is 1.17 bits per heavy atom. The number of carbonyl (C=O) groups is 1. The van der Waals surface area contributed by atoms with Gasteiger partial charge in [-0.25, -0.2) is 0 Å². The average molecular weight is 449 g/mol. The predicted octanol–water partition coefficient (Wildman–Crippen LogP) is 5.41. The van der Waals surface area contributed by atoms with Crippen molar-refractivity contribution in [3.63, 3.8) is 0 Å². The summed E-state index contributed by atoms with van der Waals surface area (Å²) in [6.07, 6.45) is 0.476. The standard InChI is InChI=1S/C22H18Cl2O6/c1-22(21(26)27)9-11(10-22)29-19-6-13(17(28-2)7-15(19)24)18-8-16(25)12-4-3-5-14(23)20(12)30-18/h3-8,11H,9-10H2,1-2H3,(H,26,27). The molecular formula is C22H18Cl2O6. The number of hydrogen-bond donors (Lipinski definition) is 1. The fourth-order valence-corrected chi connectivity index (χ4v) is 4.06. The van der Waals surface area contributed by atoms with Crippen molar-refractivity contribution in [2.75, 3.05) is 7.11 Å². The first-order valence-electron chi connectivity index (χ1n) is 9.22. The summed E-state index contributed by atoms with van der Waals surface area (Å²) in [6, 6.07) is 9.51. The first kappa shape index (κ1) is 20.6. The van der Waals surface area contributed by atoms with Crippen molar-refractivity contribution in [2.24, 2.45) is 5.41 Å². The first-order chi connectivity index (χ1) is 14.2. The maximum absolute atomic E-state index is 12.6. The molecule has 0 unspecified atom stereocenters. The van der Waals surface area contributed by atoms with Gasteiger partial charge >= 0.3 is 5.97 Å². The second kappa shape index (κ2) is 7.52. The topological polar surface area (TPSA) is 86.0 Å². The van der Waals surface area contributed by atoms with E-state index in [2.05, 4.69) is 0 Å². The highest BCUT2D eigenvalue weighted by Crippen LogP contribution is 2.45. The number of hydrogen-bond acceptors (Lipinski definition) is 5. The Balaban J connectivity index is 1.75. The highest BCUT2D eigenvalue weighted by atomic mass is 35.5. The van der Waals surface area contributed by atoms with Gasteiger partial charge in [0.05, 0.1) is 33.5 Å². The lowest BCUT2D eigenvalue weighted by molar-refractivity contribution is -0.159. The summed E-state index contributed by atoms with van der Waals surface area (Å²) >= 11 is 12.6. The van der Waals surface area contributed by atoms with E-state index in [9.17, 15) is 14.7 Å². The second-order valence-corrected chi connectivity index (χ2v) is 8.40. The molecule has 4 rings (SSSR count). The highest BCUT2D eigenvalue weighted by Gasteiger charge is 2.48. The van der Waals surface area contributed by atoms with Crippen molar-refractivity contribution >= 4 is 40.1 Å². The van der Waals surface area contributed by atoms with Gasteiger partial charge in [0, 0.05) is 25.0 Å². The first-order valence-corrected chi connectivity index (χ1v) is 9.98. The minimum atomic E-state index is -0.848. The number of fused-ring (bicyclic) bond motifs is 1. The molecule has 0 saturated heterocycles. The van der Waals surface area contributed by atoms with Crippen LogP contribution in [-0.4, -0.2) is 24.3 Å². The fourth-order valence-electron chi connectivity index (χ4n) is 3.65. The van der Waals surface area contributed by atoms with E-state index in [1.165, 1.54) is 13.2 Å². The van der Waals surface area contributed by atoms with Crippen LogP contribution in [0.15, 0.2) is 45.6 Å². The number of ether oxygens (including phenoxy) is 2. The lowest BCUT2D eigenvalue weighted by Gasteiger charge is -2.41. The van der Waals surface area contributed by atoms with Gasteiger partial charge in [-0.05, 0) is 25.1 Å². The summed E-state index contributed by atoms with van der Waals surface area (Å²) < 4.78 is 17.3. The van der Waals surface area contributed by atoms with Crippen LogP contribution < -0.4 is 14.9 Å². The predicted molar refractivity (Wildman–Crippen MR) is 114 cm³/mol. The van der Waals surface area contributed by atoms with Crippen LogP contribution in [0.1, 0.15) is 19.8 Å². The Kier molecular flexibility index (Phi) is 5.16. The number of benzene rings is 2. The van der Waals surface area contributed by atoms with Crippen LogP contribution >= 0.6 is 23.2 Å². The molecular weight excluding hydrogens is 431 g/mol. The Morgan fingerprint density at radius 2 is 1.90 bits per heavy atom. The molecule has 0 spiro atoms. The van der Waals surface area contributed by atoms with Gasteiger partial charge in [-0.2, -0.15) is 0 Å². The Hall–Kier alpha value is -2.70. The van der Waals surface area contributed by atoms with Gasteiger partial charge in [0.1, 0.15) is 23.4 Å². The molecule has 1 aromatic heterocycles. The van der Waals surface area contributed by atoms with E-state index in [-0.39, 0.29) is 22.9 Å². The molecule has 1 aliphatic carbocycles. The van der Waals surface area contributed by atoms with Gasteiger partial charge < -0.3 is 19.0 Å². The monoisotopic (exact) mass is 448 g/mol. The third-order valence-electron chi connectivity index (χ3n) is 5.39. The molecule has 0 aliphatic heterocycles. The molecule has 1 fully saturated rings. The lowest BCUT2D eigenvalue weighted by atomic mass is 9.68. The van der Waals surface area contributed by atoms with E-state index in [0.717, 1.165) is 0 Å². The molecule has 0 amide bonds. The van der Waals surface area contributed by atoms with Crippen molar-refractivity contribution in [1.29, 1.82) is 0 Å². The molecule has 156 valence electrons. The zero-order valence-electron chi connectivity index (χ0n) is 16.2. The molecule has 30 heavy (non-hydrogen) atoms. The zero-order valence-corrected chi connectivity index (χ0v) is 17.7. The average Bonchev–Trinajstić information content (AvgIpc) is 2.68. The fraction of sp³-hybridized carbons (Fsp3) is 0.273. The Bertz CT molecular complexity index is 1210. The number of para-hydroxylation sites is 1. The summed E-state index contributed by atoms with van der Waals surface area (Å²) in [7, 11) is 1.48. The normalized spacial score (nSPS) is 20.6. The largest absolute Gasteiger partial charge is 0.496 e. The number of carboxylic acids is 1. The molecule has 1 aliphatic rings. The summed E-state index contributed by atoms with van der Waals surface area (Å²) in [5.41, 5.74) is -0.299. The molecule has 1 heterocycles. The summed E-state index contributed by atoms with van der Waals surface area (Å²) in [5, 5.41) is 10.3. The second-order valence-electron chi connectivity index (χ2n) is 7.59. The molecule has 2 aromatic carbocycles. The van der Waals surface area contributed by atoms with Crippen LogP contribution in [0.2, 0.25) is 10.0 Å². The van der Waals surface area contributed by atoms with E-state index in [4.69, 9.17) is 37.1 Å². The van der Waals surface area contributed by atoms with Gasteiger partial charge in [-0.1, -0.05) is 29.3 Å². The molecule has 1 saturated carbocycles. The number of aliphatic carboxylic acids is 1. The molecule has 1 N–H and O–H groups in total. The van der Waals surface area contributed by atoms with E-state index >= 15 is 0 Å². The SMILES string of the molecule is COc1cc(Cl)c(OC2CC(C)(C(=O)O)C2)cc1-c1cc(=O)c2cccc(Cl)c2o1. The summed E-state index contributed by atoms with van der Waals surface area (Å²) in [5.74, 6) is 0.152. The van der Waals surface area contributed by atoms with Crippen molar-refractivity contribution in [1.82, 2.24) is 0 Å². The van der Waals surface area contributed by atoms with Crippen LogP contribution in [0, 0.1) is 5.41 Å². The summed E-state index contributed by atoms with van der Waals surface area (Å²) in [6.45, 7) is 1.68. The Morgan fingerprint density at radius 3 is 2.57 bits per heavy atom. The van der Waals surface area contributed by atoms with E-state index < -0.39 is 11.4 Å². The van der Waals surface area contributed by atoms with Gasteiger partial charge in [0.15, 0.2) is 11.0 Å². The quantitative estimate of drug-likeness (QED) is 0.561. The molecule has 0 radical (unpaired) electrons. The Labute approximate surface area is 181 Å². The molecule has 6 nitrogen and oxygen atoms in total. The molecule has 3 aromatic rings. The van der Waals surface area contributed by atoms with Gasteiger partial charge in [0.25, 0.3) is 0 Å².